The van der Waals surface area contributed by atoms with E-state index < -0.39 is 22.0 Å². The summed E-state index contributed by atoms with van der Waals surface area (Å²) in [6.07, 6.45) is 0.152. The molecule has 0 aliphatic heterocycles. The van der Waals surface area contributed by atoms with E-state index in [1.165, 1.54) is 32.4 Å². The zero-order valence-electron chi connectivity index (χ0n) is 18.5. The van der Waals surface area contributed by atoms with Gasteiger partial charge >= 0.3 is 0 Å². The van der Waals surface area contributed by atoms with Crippen LogP contribution in [-0.2, 0) is 21.2 Å². The molecule has 7 nitrogen and oxygen atoms in total. The summed E-state index contributed by atoms with van der Waals surface area (Å²) in [4.78, 5) is 13.1. The molecule has 0 fully saturated rings. The van der Waals surface area contributed by atoms with Gasteiger partial charge in [0.25, 0.3) is 0 Å². The van der Waals surface area contributed by atoms with Crippen molar-refractivity contribution in [1.29, 1.82) is 0 Å². The summed E-state index contributed by atoms with van der Waals surface area (Å²) in [5, 5.41) is 3.29. The summed E-state index contributed by atoms with van der Waals surface area (Å²) in [7, 11) is -1.19. The van der Waals surface area contributed by atoms with E-state index in [0.717, 1.165) is 5.56 Å². The molecule has 3 aromatic rings. The van der Waals surface area contributed by atoms with Gasteiger partial charge in [0.05, 0.1) is 19.1 Å². The first-order chi connectivity index (χ1) is 15.7. The lowest BCUT2D eigenvalue weighted by Crippen LogP contribution is -2.45. The zero-order valence-corrected chi connectivity index (χ0v) is 20.0. The van der Waals surface area contributed by atoms with Crippen LogP contribution in [0.25, 0.3) is 0 Å². The van der Waals surface area contributed by atoms with Crippen LogP contribution in [0, 0.1) is 6.92 Å². The number of hydrogen-bond acceptors (Lipinski definition) is 5. The van der Waals surface area contributed by atoms with Crippen molar-refractivity contribution in [3.63, 3.8) is 0 Å². The van der Waals surface area contributed by atoms with E-state index in [9.17, 15) is 13.2 Å². The molecule has 174 valence electrons. The van der Waals surface area contributed by atoms with E-state index in [2.05, 4.69) is 10.0 Å². The Morgan fingerprint density at radius 3 is 2.33 bits per heavy atom. The summed E-state index contributed by atoms with van der Waals surface area (Å²) in [5.41, 5.74) is 2.00. The van der Waals surface area contributed by atoms with Gasteiger partial charge in [0, 0.05) is 16.8 Å². The second kappa shape index (κ2) is 10.7. The molecule has 0 aliphatic carbocycles. The van der Waals surface area contributed by atoms with E-state index >= 15 is 0 Å². The van der Waals surface area contributed by atoms with Crippen molar-refractivity contribution in [2.24, 2.45) is 0 Å². The minimum absolute atomic E-state index is 0.0510. The van der Waals surface area contributed by atoms with Crippen LogP contribution >= 0.6 is 11.6 Å². The molecule has 0 radical (unpaired) electrons. The van der Waals surface area contributed by atoms with Gasteiger partial charge in [0.15, 0.2) is 11.5 Å². The largest absolute Gasteiger partial charge is 0.493 e. The Labute approximate surface area is 198 Å². The van der Waals surface area contributed by atoms with Crippen LogP contribution in [0.4, 0.5) is 5.69 Å². The Hall–Kier alpha value is -3.07. The zero-order chi connectivity index (χ0) is 24.0. The van der Waals surface area contributed by atoms with Crippen LogP contribution in [0.5, 0.6) is 11.5 Å². The second-order valence-electron chi connectivity index (χ2n) is 7.28. The number of halogens is 1. The fourth-order valence-electron chi connectivity index (χ4n) is 3.24. The highest BCUT2D eigenvalue weighted by Gasteiger charge is 2.27. The standard InChI is InChI=1S/C24H25ClN2O5S/c1-16-19(25)10-7-11-20(16)26-24(28)21(14-17-8-5-4-6-9-17)27-33(29,30)18-12-13-22(31-2)23(15-18)32-3/h4-13,15,21,27H,14H2,1-3H3,(H,26,28). The third-order valence-corrected chi connectivity index (χ3v) is 6.97. The number of benzene rings is 3. The molecule has 0 aliphatic rings. The van der Waals surface area contributed by atoms with E-state index in [1.54, 1.807) is 25.1 Å². The Kier molecular flexibility index (Phi) is 7.97. The van der Waals surface area contributed by atoms with Gasteiger partial charge in [-0.1, -0.05) is 48.0 Å². The van der Waals surface area contributed by atoms with Gasteiger partial charge in [0.2, 0.25) is 15.9 Å². The Morgan fingerprint density at radius 2 is 1.67 bits per heavy atom. The van der Waals surface area contributed by atoms with Gasteiger partial charge < -0.3 is 14.8 Å². The maximum Gasteiger partial charge on any atom is 0.242 e. The number of nitrogens with one attached hydrogen (secondary N) is 2. The number of sulfonamides is 1. The van der Waals surface area contributed by atoms with Crippen LogP contribution in [-0.4, -0.2) is 34.6 Å². The second-order valence-corrected chi connectivity index (χ2v) is 9.40. The monoisotopic (exact) mass is 488 g/mol. The van der Waals surface area contributed by atoms with Gasteiger partial charge in [-0.2, -0.15) is 4.72 Å². The number of carbonyl (C=O) groups is 1. The van der Waals surface area contributed by atoms with Crippen LogP contribution in [0.1, 0.15) is 11.1 Å². The average molecular weight is 489 g/mol. The predicted molar refractivity (Wildman–Crippen MR) is 129 cm³/mol. The van der Waals surface area contributed by atoms with Crippen molar-refractivity contribution in [1.82, 2.24) is 4.72 Å². The quantitative estimate of drug-likeness (QED) is 0.471. The number of hydrogen-bond donors (Lipinski definition) is 2. The fraction of sp³-hybridized carbons (Fsp3) is 0.208. The maximum absolute atomic E-state index is 13.2. The van der Waals surface area contributed by atoms with E-state index in [4.69, 9.17) is 21.1 Å². The highest BCUT2D eigenvalue weighted by atomic mass is 35.5. The molecule has 1 unspecified atom stereocenters. The molecule has 0 saturated heterocycles. The number of carbonyl (C=O) groups excluding carboxylic acids is 1. The van der Waals surface area contributed by atoms with Gasteiger partial charge in [-0.05, 0) is 48.7 Å². The average Bonchev–Trinajstić information content (AvgIpc) is 2.81. The van der Waals surface area contributed by atoms with Crippen molar-refractivity contribution in [3.8, 4) is 11.5 Å². The van der Waals surface area contributed by atoms with Gasteiger partial charge in [-0.25, -0.2) is 8.42 Å². The number of anilines is 1. The molecular formula is C24H25ClN2O5S. The van der Waals surface area contributed by atoms with Crippen molar-refractivity contribution in [2.45, 2.75) is 24.3 Å². The summed E-state index contributed by atoms with van der Waals surface area (Å²) in [6, 6.07) is 17.5. The molecule has 0 heterocycles. The first kappa shape index (κ1) is 24.6. The minimum atomic E-state index is -4.07. The van der Waals surface area contributed by atoms with Crippen LogP contribution in [0.3, 0.4) is 0 Å². The molecule has 0 spiro atoms. The lowest BCUT2D eigenvalue weighted by molar-refractivity contribution is -0.117. The molecule has 9 heteroatoms. The highest BCUT2D eigenvalue weighted by Crippen LogP contribution is 2.29. The third-order valence-electron chi connectivity index (χ3n) is 5.09. The summed E-state index contributed by atoms with van der Waals surface area (Å²) < 4.78 is 39.3. The third kappa shape index (κ3) is 6.04. The maximum atomic E-state index is 13.2. The van der Waals surface area contributed by atoms with Crippen LogP contribution < -0.4 is 19.5 Å². The Morgan fingerprint density at radius 1 is 0.970 bits per heavy atom. The summed E-state index contributed by atoms with van der Waals surface area (Å²) >= 11 is 6.16. The van der Waals surface area contributed by atoms with Crippen molar-refractivity contribution in [3.05, 3.63) is 82.9 Å². The molecule has 2 N–H and O–H groups in total. The van der Waals surface area contributed by atoms with Crippen molar-refractivity contribution in [2.75, 3.05) is 19.5 Å². The van der Waals surface area contributed by atoms with Crippen LogP contribution in [0.2, 0.25) is 5.02 Å². The molecule has 0 saturated carbocycles. The molecule has 3 rings (SSSR count). The van der Waals surface area contributed by atoms with Crippen molar-refractivity contribution >= 4 is 33.2 Å². The molecule has 0 aromatic heterocycles. The molecule has 1 amide bonds. The predicted octanol–water partition coefficient (Wildman–Crippen LogP) is 4.19. The Bertz CT molecular complexity index is 1230. The molecule has 1 atom stereocenters. The highest BCUT2D eigenvalue weighted by molar-refractivity contribution is 7.89. The van der Waals surface area contributed by atoms with Gasteiger partial charge in [-0.15, -0.1) is 0 Å². The van der Waals surface area contributed by atoms with Gasteiger partial charge in [-0.3, -0.25) is 4.79 Å². The first-order valence-corrected chi connectivity index (χ1v) is 12.0. The SMILES string of the molecule is COc1ccc(S(=O)(=O)NC(Cc2ccccc2)C(=O)Nc2cccc(Cl)c2C)cc1OC. The van der Waals surface area contributed by atoms with E-state index in [0.29, 0.717) is 22.0 Å². The smallest absolute Gasteiger partial charge is 0.242 e. The lowest BCUT2D eigenvalue weighted by Gasteiger charge is -2.20. The number of amides is 1. The Balaban J connectivity index is 1.92. The summed E-state index contributed by atoms with van der Waals surface area (Å²) in [5.74, 6) is 0.152. The summed E-state index contributed by atoms with van der Waals surface area (Å²) in [6.45, 7) is 1.78. The van der Waals surface area contributed by atoms with E-state index in [-0.39, 0.29) is 17.1 Å². The van der Waals surface area contributed by atoms with E-state index in [1.807, 2.05) is 30.3 Å². The lowest BCUT2D eigenvalue weighted by atomic mass is 10.1. The molecular weight excluding hydrogens is 464 g/mol. The topological polar surface area (TPSA) is 93.7 Å². The van der Waals surface area contributed by atoms with Crippen molar-refractivity contribution < 1.29 is 22.7 Å². The number of rotatable bonds is 9. The normalized spacial score (nSPS) is 12.1. The van der Waals surface area contributed by atoms with Gasteiger partial charge in [0.1, 0.15) is 6.04 Å². The fourth-order valence-corrected chi connectivity index (χ4v) is 4.62. The molecule has 0 bridgehead atoms. The first-order valence-electron chi connectivity index (χ1n) is 10.1. The van der Waals surface area contributed by atoms with Crippen LogP contribution in [0.15, 0.2) is 71.6 Å². The minimum Gasteiger partial charge on any atom is -0.493 e. The number of ether oxygens (including phenoxy) is 2. The molecule has 3 aromatic carbocycles. The number of methoxy groups -OCH3 is 2. The molecule has 33 heavy (non-hydrogen) atoms.